The Balaban J connectivity index is 1.88. The van der Waals surface area contributed by atoms with Gasteiger partial charge in [-0.25, -0.2) is 9.59 Å². The second-order valence-corrected chi connectivity index (χ2v) is 11.5. The third kappa shape index (κ3) is 13.2. The molecule has 0 fully saturated rings. The van der Waals surface area contributed by atoms with Crippen molar-refractivity contribution in [3.63, 3.8) is 0 Å². The number of hydrogen-bond acceptors (Lipinski definition) is 7. The smallest absolute Gasteiger partial charge is 0.336 e. The van der Waals surface area contributed by atoms with Gasteiger partial charge < -0.3 is 29.5 Å². The number of esters is 1. The van der Waals surface area contributed by atoms with Crippen molar-refractivity contribution < 1.29 is 33.7 Å². The van der Waals surface area contributed by atoms with E-state index in [-0.39, 0.29) is 13.2 Å². The number of benzene rings is 2. The van der Waals surface area contributed by atoms with Gasteiger partial charge in [0.25, 0.3) is 5.91 Å². The Kier molecular flexibility index (Phi) is 16.8. The molecule has 0 aliphatic carbocycles. The summed E-state index contributed by atoms with van der Waals surface area (Å²) >= 11 is 6.19. The lowest BCUT2D eigenvalue weighted by Crippen LogP contribution is -2.50. The number of hydrogen-bond donors (Lipinski definition) is 2. The number of nitrogens with zero attached hydrogens (tertiary/aromatic N) is 1. The summed E-state index contributed by atoms with van der Waals surface area (Å²) in [5, 5.41) is 13.9. The van der Waals surface area contributed by atoms with E-state index in [2.05, 4.69) is 37.4 Å². The van der Waals surface area contributed by atoms with Crippen LogP contribution in [0.2, 0.25) is 5.02 Å². The molecule has 0 aromatic heterocycles. The molecule has 0 bridgehead atoms. The zero-order chi connectivity index (χ0) is 32.5. The molecule has 1 amide bonds. The largest absolute Gasteiger partial charge is 0.479 e. The summed E-state index contributed by atoms with van der Waals surface area (Å²) in [5.41, 5.74) is 5.79. The molecule has 2 rings (SSSR count). The second-order valence-electron chi connectivity index (χ2n) is 11.1. The molecule has 2 aromatic rings. The Morgan fingerprint density at radius 2 is 1.61 bits per heavy atom. The van der Waals surface area contributed by atoms with Gasteiger partial charge in [0.2, 0.25) is 0 Å². The highest BCUT2D eigenvalue weighted by molar-refractivity contribution is 6.31. The van der Waals surface area contributed by atoms with Gasteiger partial charge in [0, 0.05) is 37.5 Å². The number of carbonyl (C=O) groups is 3. The van der Waals surface area contributed by atoms with Gasteiger partial charge in [-0.05, 0) is 101 Å². The topological polar surface area (TPSA) is 114 Å². The molecule has 0 saturated carbocycles. The van der Waals surface area contributed by atoms with Gasteiger partial charge >= 0.3 is 11.9 Å². The predicted molar refractivity (Wildman–Crippen MR) is 173 cm³/mol. The average molecular weight is 633 g/mol. The standard InChI is InChI=1S/C34H49ClN2O7/c1-6-42-30(38)23-44-32(34(40)41)31(43-20-12-7-9-13-27-16-14-24(2)26(4)21-27)33(39)37(5)19-11-8-10-18-36-28-17-15-25(3)29(35)22-28/h14-17,21-22,31-32,36H,6-13,18-20,23H2,1-5H3,(H,40,41)/t31-,32-/m1/s1. The van der Waals surface area contributed by atoms with Crippen molar-refractivity contribution in [2.24, 2.45) is 0 Å². The van der Waals surface area contributed by atoms with Gasteiger partial charge in [0.1, 0.15) is 6.61 Å². The van der Waals surface area contributed by atoms with Crippen LogP contribution in [0.15, 0.2) is 36.4 Å². The third-order valence-corrected chi connectivity index (χ3v) is 7.88. The molecule has 244 valence electrons. The zero-order valence-corrected chi connectivity index (χ0v) is 27.6. The van der Waals surface area contributed by atoms with Gasteiger partial charge in [0.15, 0.2) is 12.2 Å². The van der Waals surface area contributed by atoms with Crippen molar-refractivity contribution in [2.45, 2.75) is 84.8 Å². The van der Waals surface area contributed by atoms with E-state index in [1.54, 1.807) is 14.0 Å². The summed E-state index contributed by atoms with van der Waals surface area (Å²) in [6.45, 7) is 8.72. The lowest BCUT2D eigenvalue weighted by Gasteiger charge is -2.28. The van der Waals surface area contributed by atoms with Crippen molar-refractivity contribution in [3.05, 3.63) is 63.7 Å². The molecule has 10 heteroatoms. The number of carbonyl (C=O) groups excluding carboxylic acids is 2. The Morgan fingerprint density at radius 3 is 2.30 bits per heavy atom. The number of carboxylic acid groups (broad SMARTS) is 1. The summed E-state index contributed by atoms with van der Waals surface area (Å²) < 4.78 is 16.1. The fourth-order valence-electron chi connectivity index (χ4n) is 4.63. The number of rotatable bonds is 21. The number of halogens is 1. The van der Waals surface area contributed by atoms with Gasteiger partial charge in [-0.1, -0.05) is 42.3 Å². The SMILES string of the molecule is CCOC(=O)CO[C@@H](C(=O)O)[C@@H](OCCCCCc1ccc(C)c(C)c1)C(=O)N(C)CCCCCNc1ccc(C)c(Cl)c1. The normalized spacial score (nSPS) is 12.4. The van der Waals surface area contributed by atoms with Crippen LogP contribution in [0.5, 0.6) is 0 Å². The molecule has 0 heterocycles. The zero-order valence-electron chi connectivity index (χ0n) is 26.8. The number of carboxylic acids is 1. The molecule has 2 N–H and O–H groups in total. The number of likely N-dealkylation sites (N-methyl/N-ethyl adjacent to an activating group) is 1. The number of unbranched alkanes of at least 4 members (excludes halogenated alkanes) is 4. The molecule has 2 aromatic carbocycles. The highest BCUT2D eigenvalue weighted by Crippen LogP contribution is 2.20. The summed E-state index contributed by atoms with van der Waals surface area (Å²) in [6, 6.07) is 12.3. The van der Waals surface area contributed by atoms with Crippen molar-refractivity contribution in [1.82, 2.24) is 4.90 Å². The number of aryl methyl sites for hydroxylation is 4. The Hall–Kier alpha value is -3.14. The van der Waals surface area contributed by atoms with Crippen molar-refractivity contribution in [2.75, 3.05) is 45.3 Å². The van der Waals surface area contributed by atoms with Gasteiger partial charge in [-0.3, -0.25) is 4.79 Å². The molecule has 0 unspecified atom stereocenters. The van der Waals surface area contributed by atoms with E-state index in [1.807, 2.05) is 25.1 Å². The minimum Gasteiger partial charge on any atom is -0.479 e. The van der Waals surface area contributed by atoms with Crippen molar-refractivity contribution in [3.8, 4) is 0 Å². The van der Waals surface area contributed by atoms with E-state index < -0.39 is 36.7 Å². The first kappa shape index (κ1) is 37.0. The van der Waals surface area contributed by atoms with Crippen LogP contribution in [-0.2, 0) is 35.0 Å². The second kappa shape index (κ2) is 20.0. The number of aliphatic carboxylic acids is 1. The molecule has 0 saturated heterocycles. The van der Waals surface area contributed by atoms with E-state index in [1.165, 1.54) is 21.6 Å². The summed E-state index contributed by atoms with van der Waals surface area (Å²) in [4.78, 5) is 38.9. The van der Waals surface area contributed by atoms with Crippen molar-refractivity contribution >= 4 is 35.1 Å². The van der Waals surface area contributed by atoms with E-state index in [4.69, 9.17) is 25.8 Å². The van der Waals surface area contributed by atoms with E-state index in [0.29, 0.717) is 13.0 Å². The molecule has 0 aliphatic heterocycles. The average Bonchev–Trinajstić information content (AvgIpc) is 2.98. The lowest BCUT2D eigenvalue weighted by molar-refractivity contribution is -0.177. The summed E-state index contributed by atoms with van der Waals surface area (Å²) in [7, 11) is 1.62. The fourth-order valence-corrected chi connectivity index (χ4v) is 4.81. The van der Waals surface area contributed by atoms with Crippen LogP contribution in [0.1, 0.15) is 67.7 Å². The summed E-state index contributed by atoms with van der Waals surface area (Å²) in [6.07, 6.45) is 2.82. The fraction of sp³-hybridized carbons (Fsp3) is 0.559. The van der Waals surface area contributed by atoms with Gasteiger partial charge in [-0.2, -0.15) is 0 Å². The molecule has 0 radical (unpaired) electrons. The quantitative estimate of drug-likeness (QED) is 0.125. The first-order valence-corrected chi connectivity index (χ1v) is 15.8. The first-order valence-electron chi connectivity index (χ1n) is 15.5. The van der Waals surface area contributed by atoms with Crippen LogP contribution < -0.4 is 5.32 Å². The molecule has 2 atom stereocenters. The van der Waals surface area contributed by atoms with Crippen LogP contribution in [0.3, 0.4) is 0 Å². The van der Waals surface area contributed by atoms with E-state index in [9.17, 15) is 19.5 Å². The van der Waals surface area contributed by atoms with Gasteiger partial charge in [0.05, 0.1) is 6.61 Å². The van der Waals surface area contributed by atoms with Gasteiger partial charge in [-0.15, -0.1) is 0 Å². The maximum atomic E-state index is 13.4. The highest BCUT2D eigenvalue weighted by Gasteiger charge is 2.38. The minimum absolute atomic E-state index is 0.137. The van der Waals surface area contributed by atoms with Crippen LogP contribution in [0, 0.1) is 20.8 Å². The monoisotopic (exact) mass is 632 g/mol. The molecular weight excluding hydrogens is 584 g/mol. The third-order valence-electron chi connectivity index (χ3n) is 7.47. The number of nitrogens with one attached hydrogen (secondary N) is 1. The summed E-state index contributed by atoms with van der Waals surface area (Å²) in [5.74, 6) is -2.58. The van der Waals surface area contributed by atoms with Crippen LogP contribution in [0.25, 0.3) is 0 Å². The lowest BCUT2D eigenvalue weighted by atomic mass is 10.0. The molecule has 0 spiro atoms. The van der Waals surface area contributed by atoms with Crippen molar-refractivity contribution in [1.29, 1.82) is 0 Å². The number of ether oxygens (including phenoxy) is 3. The number of amides is 1. The molecule has 9 nitrogen and oxygen atoms in total. The minimum atomic E-state index is -1.64. The first-order chi connectivity index (χ1) is 21.0. The van der Waals surface area contributed by atoms with Crippen LogP contribution in [-0.4, -0.2) is 80.0 Å². The maximum Gasteiger partial charge on any atom is 0.336 e. The highest BCUT2D eigenvalue weighted by atomic mass is 35.5. The van der Waals surface area contributed by atoms with E-state index >= 15 is 0 Å². The predicted octanol–water partition coefficient (Wildman–Crippen LogP) is 6.14. The number of anilines is 1. The molecule has 0 aliphatic rings. The Bertz CT molecular complexity index is 1210. The van der Waals surface area contributed by atoms with Crippen LogP contribution in [0.4, 0.5) is 5.69 Å². The Labute approximate surface area is 267 Å². The Morgan fingerprint density at radius 1 is 0.886 bits per heavy atom. The molecular formula is C34H49ClN2O7. The molecule has 44 heavy (non-hydrogen) atoms. The van der Waals surface area contributed by atoms with E-state index in [0.717, 1.165) is 61.3 Å². The maximum absolute atomic E-state index is 13.4. The van der Waals surface area contributed by atoms with Crippen LogP contribution >= 0.6 is 11.6 Å².